The van der Waals surface area contributed by atoms with E-state index in [0.29, 0.717) is 40.7 Å². The van der Waals surface area contributed by atoms with Crippen molar-refractivity contribution in [3.8, 4) is 0 Å². The Balaban J connectivity index is 1.38. The van der Waals surface area contributed by atoms with E-state index in [1.54, 1.807) is 13.1 Å². The summed E-state index contributed by atoms with van der Waals surface area (Å²) in [7, 11) is 0. The standard InChI is InChI=1S/C20H22N6O2/c1-11-15(16-17(26-20(2)5-6-20)24-10-25-19(16)28-11)18(27)23-8-13-7-22-14(9-21-13)12-3-4-12/h7,9-10,12H,3-6,8H2,1-2H3,(H,23,27)(H,24,25,26). The maximum Gasteiger partial charge on any atom is 0.255 e. The molecular weight excluding hydrogens is 356 g/mol. The molecule has 0 atom stereocenters. The molecule has 5 rings (SSSR count). The molecule has 2 aliphatic carbocycles. The Kier molecular flexibility index (Phi) is 3.82. The third kappa shape index (κ3) is 3.19. The molecule has 3 aromatic heterocycles. The number of hydrogen-bond donors (Lipinski definition) is 2. The van der Waals surface area contributed by atoms with Gasteiger partial charge in [-0.2, -0.15) is 0 Å². The molecule has 144 valence electrons. The number of hydrogen-bond acceptors (Lipinski definition) is 7. The monoisotopic (exact) mass is 378 g/mol. The summed E-state index contributed by atoms with van der Waals surface area (Å²) in [6.07, 6.45) is 9.53. The topological polar surface area (TPSA) is 106 Å². The van der Waals surface area contributed by atoms with E-state index in [0.717, 1.165) is 24.2 Å². The number of furan rings is 1. The molecule has 2 saturated carbocycles. The SMILES string of the molecule is Cc1oc2ncnc(NC3(C)CC3)c2c1C(=O)NCc1cnc(C2CC2)cn1. The van der Waals surface area contributed by atoms with Crippen molar-refractivity contribution in [2.24, 2.45) is 0 Å². The highest BCUT2D eigenvalue weighted by molar-refractivity contribution is 6.10. The Morgan fingerprint density at radius 1 is 1.21 bits per heavy atom. The van der Waals surface area contributed by atoms with E-state index in [-0.39, 0.29) is 11.4 Å². The summed E-state index contributed by atoms with van der Waals surface area (Å²) < 4.78 is 5.72. The number of carbonyl (C=O) groups excluding carboxylic acids is 1. The van der Waals surface area contributed by atoms with Crippen LogP contribution < -0.4 is 10.6 Å². The summed E-state index contributed by atoms with van der Waals surface area (Å²) in [6, 6.07) is 0. The molecular formula is C20H22N6O2. The van der Waals surface area contributed by atoms with Crippen molar-refractivity contribution in [3.63, 3.8) is 0 Å². The zero-order valence-corrected chi connectivity index (χ0v) is 16.0. The first-order valence-electron chi connectivity index (χ1n) is 9.64. The van der Waals surface area contributed by atoms with E-state index in [1.807, 2.05) is 6.20 Å². The lowest BCUT2D eigenvalue weighted by atomic mass is 10.1. The highest BCUT2D eigenvalue weighted by atomic mass is 16.3. The molecule has 0 aliphatic heterocycles. The van der Waals surface area contributed by atoms with Crippen LogP contribution in [0.3, 0.4) is 0 Å². The number of rotatable bonds is 6. The van der Waals surface area contributed by atoms with Crippen molar-refractivity contribution in [1.29, 1.82) is 0 Å². The average Bonchev–Trinajstić information content (AvgIpc) is 3.60. The van der Waals surface area contributed by atoms with Gasteiger partial charge in [0, 0.05) is 17.7 Å². The van der Waals surface area contributed by atoms with Crippen molar-refractivity contribution in [1.82, 2.24) is 25.3 Å². The van der Waals surface area contributed by atoms with Gasteiger partial charge in [0.25, 0.3) is 5.91 Å². The van der Waals surface area contributed by atoms with Crippen LogP contribution in [0.4, 0.5) is 5.82 Å². The largest absolute Gasteiger partial charge is 0.442 e. The van der Waals surface area contributed by atoms with Gasteiger partial charge in [-0.05, 0) is 39.5 Å². The van der Waals surface area contributed by atoms with E-state index < -0.39 is 0 Å². The van der Waals surface area contributed by atoms with Crippen LogP contribution in [0.2, 0.25) is 0 Å². The van der Waals surface area contributed by atoms with E-state index >= 15 is 0 Å². The van der Waals surface area contributed by atoms with E-state index in [2.05, 4.69) is 37.5 Å². The lowest BCUT2D eigenvalue weighted by Gasteiger charge is -2.13. The lowest BCUT2D eigenvalue weighted by molar-refractivity contribution is 0.0950. The van der Waals surface area contributed by atoms with E-state index in [9.17, 15) is 4.79 Å². The normalized spacial score (nSPS) is 17.5. The molecule has 0 bridgehead atoms. The fourth-order valence-electron chi connectivity index (χ4n) is 3.32. The molecule has 2 N–H and O–H groups in total. The summed E-state index contributed by atoms with van der Waals surface area (Å²) in [5.41, 5.74) is 2.67. The first-order valence-corrected chi connectivity index (χ1v) is 9.64. The van der Waals surface area contributed by atoms with Crippen LogP contribution in [0.1, 0.15) is 66.0 Å². The highest BCUT2D eigenvalue weighted by Crippen LogP contribution is 2.40. The molecule has 8 heteroatoms. The fraction of sp³-hybridized carbons (Fsp3) is 0.450. The Morgan fingerprint density at radius 2 is 2.04 bits per heavy atom. The minimum absolute atomic E-state index is 0.0269. The number of anilines is 1. The van der Waals surface area contributed by atoms with Crippen LogP contribution >= 0.6 is 0 Å². The van der Waals surface area contributed by atoms with Gasteiger partial charge in [-0.1, -0.05) is 0 Å². The van der Waals surface area contributed by atoms with Crippen molar-refractivity contribution in [2.45, 2.75) is 57.5 Å². The van der Waals surface area contributed by atoms with Crippen LogP contribution in [0, 0.1) is 6.92 Å². The van der Waals surface area contributed by atoms with Crippen molar-refractivity contribution in [3.05, 3.63) is 41.4 Å². The molecule has 0 saturated heterocycles. The zero-order valence-electron chi connectivity index (χ0n) is 16.0. The number of aryl methyl sites for hydroxylation is 1. The highest BCUT2D eigenvalue weighted by Gasteiger charge is 2.38. The first kappa shape index (κ1) is 17.1. The van der Waals surface area contributed by atoms with Gasteiger partial charge < -0.3 is 15.1 Å². The molecule has 1 amide bonds. The molecule has 28 heavy (non-hydrogen) atoms. The smallest absolute Gasteiger partial charge is 0.255 e. The molecule has 8 nitrogen and oxygen atoms in total. The van der Waals surface area contributed by atoms with Gasteiger partial charge in [-0.3, -0.25) is 14.8 Å². The average molecular weight is 378 g/mol. The van der Waals surface area contributed by atoms with Gasteiger partial charge in [0.05, 0.1) is 35.1 Å². The maximum absolute atomic E-state index is 12.9. The van der Waals surface area contributed by atoms with Crippen LogP contribution in [0.15, 0.2) is 23.1 Å². The molecule has 3 aromatic rings. The molecule has 0 aromatic carbocycles. The van der Waals surface area contributed by atoms with Gasteiger partial charge in [-0.25, -0.2) is 9.97 Å². The molecule has 0 unspecified atom stereocenters. The molecule has 0 spiro atoms. The van der Waals surface area contributed by atoms with Crippen molar-refractivity contribution >= 4 is 22.8 Å². The summed E-state index contributed by atoms with van der Waals surface area (Å²) in [4.78, 5) is 30.3. The third-order valence-corrected chi connectivity index (χ3v) is 5.46. The molecule has 2 aliphatic rings. The van der Waals surface area contributed by atoms with Gasteiger partial charge in [0.1, 0.15) is 17.9 Å². The Morgan fingerprint density at radius 3 is 2.71 bits per heavy atom. The zero-order chi connectivity index (χ0) is 19.3. The molecule has 2 fully saturated rings. The van der Waals surface area contributed by atoms with Gasteiger partial charge >= 0.3 is 0 Å². The minimum Gasteiger partial charge on any atom is -0.442 e. The fourth-order valence-corrected chi connectivity index (χ4v) is 3.32. The number of carbonyl (C=O) groups is 1. The second-order valence-corrected chi connectivity index (χ2v) is 8.01. The quantitative estimate of drug-likeness (QED) is 0.679. The lowest BCUT2D eigenvalue weighted by Crippen LogP contribution is -2.24. The van der Waals surface area contributed by atoms with Gasteiger partial charge in [0.15, 0.2) is 0 Å². The Labute approximate surface area is 162 Å². The van der Waals surface area contributed by atoms with Crippen molar-refractivity contribution in [2.75, 3.05) is 5.32 Å². The Bertz CT molecular complexity index is 1050. The number of nitrogens with zero attached hydrogens (tertiary/aromatic N) is 4. The minimum atomic E-state index is -0.233. The Hall–Kier alpha value is -3.03. The predicted octanol–water partition coefficient (Wildman–Crippen LogP) is 3.09. The number of fused-ring (bicyclic) bond motifs is 1. The third-order valence-electron chi connectivity index (χ3n) is 5.46. The first-order chi connectivity index (χ1) is 13.5. The van der Waals surface area contributed by atoms with Crippen LogP contribution in [-0.2, 0) is 6.54 Å². The summed E-state index contributed by atoms with van der Waals surface area (Å²) in [5, 5.41) is 6.97. The summed E-state index contributed by atoms with van der Waals surface area (Å²) in [6.45, 7) is 4.21. The second-order valence-electron chi connectivity index (χ2n) is 8.01. The van der Waals surface area contributed by atoms with E-state index in [4.69, 9.17) is 4.42 Å². The predicted molar refractivity (Wildman–Crippen MR) is 103 cm³/mol. The summed E-state index contributed by atoms with van der Waals surface area (Å²) in [5.74, 6) is 1.49. The number of amides is 1. The van der Waals surface area contributed by atoms with E-state index in [1.165, 1.54) is 19.2 Å². The molecule has 0 radical (unpaired) electrons. The molecule has 3 heterocycles. The summed E-state index contributed by atoms with van der Waals surface area (Å²) >= 11 is 0. The van der Waals surface area contributed by atoms with Crippen LogP contribution in [0.5, 0.6) is 0 Å². The number of aromatic nitrogens is 4. The van der Waals surface area contributed by atoms with Gasteiger partial charge in [0.2, 0.25) is 5.71 Å². The van der Waals surface area contributed by atoms with Crippen LogP contribution in [-0.4, -0.2) is 31.4 Å². The number of nitrogens with one attached hydrogen (secondary N) is 2. The maximum atomic E-state index is 12.9. The second kappa shape index (κ2) is 6.25. The van der Waals surface area contributed by atoms with Crippen molar-refractivity contribution < 1.29 is 9.21 Å². The van der Waals surface area contributed by atoms with Crippen LogP contribution in [0.25, 0.3) is 11.1 Å². The van der Waals surface area contributed by atoms with Gasteiger partial charge in [-0.15, -0.1) is 0 Å².